The Morgan fingerprint density at radius 3 is 1.67 bits per heavy atom. The number of hydrogen-bond acceptors (Lipinski definition) is 0. The van der Waals surface area contributed by atoms with Gasteiger partial charge >= 0.3 is 0 Å². The summed E-state index contributed by atoms with van der Waals surface area (Å²) in [4.78, 5) is 0. The van der Waals surface area contributed by atoms with E-state index < -0.39 is 0 Å². The second kappa shape index (κ2) is 14.7. The Balaban J connectivity index is 1.38. The zero-order valence-corrected chi connectivity index (χ0v) is 29.7. The summed E-state index contributed by atoms with van der Waals surface area (Å²) in [6.07, 6.45) is 18.6. The van der Waals surface area contributed by atoms with Gasteiger partial charge in [-0.3, -0.25) is 0 Å². The van der Waals surface area contributed by atoms with Crippen molar-refractivity contribution >= 4 is 32.3 Å². The maximum Gasteiger partial charge on any atom is 0.0215 e. The molecule has 0 heterocycles. The van der Waals surface area contributed by atoms with E-state index in [0.717, 1.165) is 0 Å². The van der Waals surface area contributed by atoms with E-state index in [9.17, 15) is 0 Å². The van der Waals surface area contributed by atoms with Crippen LogP contribution in [0.5, 0.6) is 0 Å². The Morgan fingerprint density at radius 1 is 0.438 bits per heavy atom. The van der Waals surface area contributed by atoms with Gasteiger partial charge in [-0.25, -0.2) is 0 Å². The molecule has 0 fully saturated rings. The standard InChI is InChI=1S/C48H54/c1-4-6-8-10-12-18-28-48(29-19-13-11-9-7-5-2)45-30-35(3)24-26-42(45)43-27-25-39(34-46(43)48)47-41-23-17-16-22-38(41)32-40-31-36-20-14-15-21-37(36)33-44(40)47/h14-17,20-27,30-34H,4-13,18-19,28-29H2,1-3H3. The number of fused-ring (bicyclic) bond motifs is 6. The number of aryl methyl sites for hydroxylation is 1. The molecule has 0 saturated heterocycles. The van der Waals surface area contributed by atoms with E-state index in [0.29, 0.717) is 0 Å². The Bertz CT molecular complexity index is 2000. The smallest absolute Gasteiger partial charge is 0.0215 e. The van der Waals surface area contributed by atoms with Gasteiger partial charge in [0.1, 0.15) is 0 Å². The Hall–Kier alpha value is -3.90. The lowest BCUT2D eigenvalue weighted by molar-refractivity contribution is 0.398. The van der Waals surface area contributed by atoms with Gasteiger partial charge in [-0.15, -0.1) is 0 Å². The molecular formula is C48H54. The molecule has 0 N–H and O–H groups in total. The SMILES string of the molecule is CCCCCCCCC1(CCCCCCCC)c2cc(C)ccc2-c2ccc(-c3c4ccccc4cc4cc5ccccc5cc34)cc21. The van der Waals surface area contributed by atoms with Crippen LogP contribution >= 0.6 is 0 Å². The van der Waals surface area contributed by atoms with E-state index in [-0.39, 0.29) is 5.41 Å². The molecule has 0 radical (unpaired) electrons. The van der Waals surface area contributed by atoms with E-state index in [2.05, 4.69) is 124 Å². The predicted octanol–water partition coefficient (Wildman–Crippen LogP) is 14.9. The van der Waals surface area contributed by atoms with E-state index in [1.807, 2.05) is 0 Å². The van der Waals surface area contributed by atoms with Crippen molar-refractivity contribution in [1.82, 2.24) is 0 Å². The minimum Gasteiger partial charge on any atom is -0.0654 e. The molecular weight excluding hydrogens is 577 g/mol. The average molecular weight is 631 g/mol. The fraction of sp³-hybridized carbons (Fsp3) is 0.375. The number of hydrogen-bond donors (Lipinski definition) is 0. The lowest BCUT2D eigenvalue weighted by Gasteiger charge is -2.33. The second-order valence-electron chi connectivity index (χ2n) is 14.8. The zero-order chi connectivity index (χ0) is 32.9. The zero-order valence-electron chi connectivity index (χ0n) is 29.7. The fourth-order valence-corrected chi connectivity index (χ4v) is 8.91. The Morgan fingerprint density at radius 2 is 0.979 bits per heavy atom. The number of benzene rings is 6. The van der Waals surface area contributed by atoms with E-state index in [1.54, 1.807) is 11.1 Å². The van der Waals surface area contributed by atoms with Crippen LogP contribution in [0.1, 0.15) is 120 Å². The monoisotopic (exact) mass is 630 g/mol. The molecule has 6 aromatic carbocycles. The summed E-state index contributed by atoms with van der Waals surface area (Å²) in [5, 5.41) is 7.97. The summed E-state index contributed by atoms with van der Waals surface area (Å²) in [6, 6.07) is 40.0. The van der Waals surface area contributed by atoms with Crippen LogP contribution in [0.15, 0.2) is 103 Å². The van der Waals surface area contributed by atoms with Crippen molar-refractivity contribution in [3.63, 3.8) is 0 Å². The first-order chi connectivity index (χ1) is 23.6. The number of rotatable bonds is 15. The summed E-state index contributed by atoms with van der Waals surface area (Å²) in [6.45, 7) is 6.94. The molecule has 0 spiro atoms. The van der Waals surface area contributed by atoms with Gasteiger partial charge in [-0.2, -0.15) is 0 Å². The van der Waals surface area contributed by atoms with Gasteiger partial charge in [0, 0.05) is 5.41 Å². The van der Waals surface area contributed by atoms with Gasteiger partial charge < -0.3 is 0 Å². The minimum atomic E-state index is 0.0787. The molecule has 0 bridgehead atoms. The lowest BCUT2D eigenvalue weighted by Crippen LogP contribution is -2.25. The van der Waals surface area contributed by atoms with Crippen LogP contribution in [-0.2, 0) is 5.41 Å². The first-order valence-corrected chi connectivity index (χ1v) is 19.2. The molecule has 0 aromatic heterocycles. The van der Waals surface area contributed by atoms with Crippen molar-refractivity contribution in [1.29, 1.82) is 0 Å². The van der Waals surface area contributed by atoms with E-state index >= 15 is 0 Å². The van der Waals surface area contributed by atoms with Crippen LogP contribution in [0.4, 0.5) is 0 Å². The minimum absolute atomic E-state index is 0.0787. The quantitative estimate of drug-likeness (QED) is 0.0782. The highest BCUT2D eigenvalue weighted by Gasteiger charge is 2.42. The molecule has 6 aromatic rings. The molecule has 0 atom stereocenters. The first kappa shape index (κ1) is 32.6. The maximum atomic E-state index is 2.65. The third kappa shape index (κ3) is 6.32. The highest BCUT2D eigenvalue weighted by Crippen LogP contribution is 2.55. The molecule has 246 valence electrons. The van der Waals surface area contributed by atoms with Crippen molar-refractivity contribution in [3.05, 3.63) is 120 Å². The highest BCUT2D eigenvalue weighted by molar-refractivity contribution is 6.16. The third-order valence-electron chi connectivity index (χ3n) is 11.4. The first-order valence-electron chi connectivity index (χ1n) is 19.2. The van der Waals surface area contributed by atoms with Crippen molar-refractivity contribution in [2.45, 2.75) is 116 Å². The Labute approximate surface area is 289 Å². The maximum absolute atomic E-state index is 2.65. The molecule has 1 aliphatic carbocycles. The summed E-state index contributed by atoms with van der Waals surface area (Å²) in [5.41, 5.74) is 10.4. The molecule has 0 heteroatoms. The van der Waals surface area contributed by atoms with Gasteiger partial charge in [0.2, 0.25) is 0 Å². The normalized spacial score (nSPS) is 13.4. The van der Waals surface area contributed by atoms with Crippen LogP contribution in [0.2, 0.25) is 0 Å². The van der Waals surface area contributed by atoms with Crippen LogP contribution in [0.3, 0.4) is 0 Å². The molecule has 0 amide bonds. The Kier molecular flexibility index (Phi) is 9.99. The number of unbranched alkanes of at least 4 members (excludes halogenated alkanes) is 10. The summed E-state index contributed by atoms with van der Waals surface area (Å²) in [5.74, 6) is 0. The van der Waals surface area contributed by atoms with E-state index in [1.165, 1.54) is 150 Å². The molecule has 0 saturated carbocycles. The van der Waals surface area contributed by atoms with E-state index in [4.69, 9.17) is 0 Å². The van der Waals surface area contributed by atoms with Gasteiger partial charge in [-0.05, 0) is 110 Å². The van der Waals surface area contributed by atoms with Crippen molar-refractivity contribution in [2.24, 2.45) is 0 Å². The van der Waals surface area contributed by atoms with Crippen LogP contribution < -0.4 is 0 Å². The van der Waals surface area contributed by atoms with Crippen LogP contribution in [0.25, 0.3) is 54.6 Å². The lowest BCUT2D eigenvalue weighted by atomic mass is 9.70. The largest absolute Gasteiger partial charge is 0.0654 e. The van der Waals surface area contributed by atoms with Gasteiger partial charge in [0.15, 0.2) is 0 Å². The van der Waals surface area contributed by atoms with Crippen molar-refractivity contribution in [3.8, 4) is 22.3 Å². The molecule has 0 aliphatic heterocycles. The predicted molar refractivity (Wildman–Crippen MR) is 211 cm³/mol. The van der Waals surface area contributed by atoms with Gasteiger partial charge in [0.05, 0.1) is 0 Å². The second-order valence-corrected chi connectivity index (χ2v) is 14.8. The molecule has 0 nitrogen and oxygen atoms in total. The average Bonchev–Trinajstić information content (AvgIpc) is 3.37. The summed E-state index contributed by atoms with van der Waals surface area (Å²) >= 11 is 0. The summed E-state index contributed by atoms with van der Waals surface area (Å²) in [7, 11) is 0. The van der Waals surface area contributed by atoms with Gasteiger partial charge in [0.25, 0.3) is 0 Å². The molecule has 0 unspecified atom stereocenters. The van der Waals surface area contributed by atoms with Crippen molar-refractivity contribution in [2.75, 3.05) is 0 Å². The highest BCUT2D eigenvalue weighted by atomic mass is 14.5. The van der Waals surface area contributed by atoms with Crippen LogP contribution in [-0.4, -0.2) is 0 Å². The summed E-state index contributed by atoms with van der Waals surface area (Å²) < 4.78 is 0. The van der Waals surface area contributed by atoms with Crippen LogP contribution in [0, 0.1) is 6.92 Å². The molecule has 1 aliphatic rings. The third-order valence-corrected chi connectivity index (χ3v) is 11.4. The fourth-order valence-electron chi connectivity index (χ4n) is 8.91. The molecule has 48 heavy (non-hydrogen) atoms. The topological polar surface area (TPSA) is 0 Å². The molecule has 7 rings (SSSR count). The van der Waals surface area contributed by atoms with Crippen molar-refractivity contribution < 1.29 is 0 Å². The van der Waals surface area contributed by atoms with Gasteiger partial charge in [-0.1, -0.05) is 175 Å².